The quantitative estimate of drug-likeness (QED) is 0.786. The summed E-state index contributed by atoms with van der Waals surface area (Å²) in [5.74, 6) is 0. The van der Waals surface area contributed by atoms with Gasteiger partial charge < -0.3 is 5.32 Å². The highest BCUT2D eigenvalue weighted by Gasteiger charge is 2.12. The Bertz CT molecular complexity index is 730. The first-order valence-electron chi connectivity index (χ1n) is 9.38. The summed E-state index contributed by atoms with van der Waals surface area (Å²) in [6.45, 7) is 9.79. The number of hydrogen-bond acceptors (Lipinski definition) is 3. The second kappa shape index (κ2) is 8.30. The van der Waals surface area contributed by atoms with E-state index in [2.05, 4.69) is 53.0 Å². The molecule has 1 aromatic carbocycles. The lowest BCUT2D eigenvalue weighted by atomic mass is 9.97. The Morgan fingerprint density at radius 2 is 1.92 bits per heavy atom. The number of pyridine rings is 1. The first-order chi connectivity index (χ1) is 12.2. The van der Waals surface area contributed by atoms with Crippen LogP contribution in [0.2, 0.25) is 0 Å². The van der Waals surface area contributed by atoms with Crippen LogP contribution >= 0.6 is 0 Å². The van der Waals surface area contributed by atoms with E-state index in [1.807, 2.05) is 19.4 Å². The maximum Gasteiger partial charge on any atom is 0.0414 e. The molecule has 0 bridgehead atoms. The van der Waals surface area contributed by atoms with Crippen LogP contribution < -0.4 is 5.32 Å². The monoisotopic (exact) mass is 335 g/mol. The molecule has 1 fully saturated rings. The molecule has 0 amide bonds. The van der Waals surface area contributed by atoms with Crippen LogP contribution in [0.4, 0.5) is 5.69 Å². The Morgan fingerprint density at radius 3 is 2.64 bits per heavy atom. The number of piperidine rings is 1. The van der Waals surface area contributed by atoms with Gasteiger partial charge in [-0.05, 0) is 67.3 Å². The van der Waals surface area contributed by atoms with Crippen LogP contribution in [0.1, 0.15) is 43.7 Å². The van der Waals surface area contributed by atoms with Crippen LogP contribution in [0.15, 0.2) is 43.2 Å². The lowest BCUT2D eigenvalue weighted by molar-refractivity contribution is 0.220. The number of nitrogens with zero attached hydrogens (tertiary/aromatic N) is 2. The zero-order chi connectivity index (χ0) is 17.6. The third-order valence-electron chi connectivity index (χ3n) is 5.08. The highest BCUT2D eigenvalue weighted by Crippen LogP contribution is 2.30. The van der Waals surface area contributed by atoms with Gasteiger partial charge in [0, 0.05) is 42.8 Å². The minimum Gasteiger partial charge on any atom is -0.388 e. The van der Waals surface area contributed by atoms with Crippen molar-refractivity contribution < 1.29 is 0 Å². The van der Waals surface area contributed by atoms with Crippen molar-refractivity contribution in [2.45, 2.75) is 39.2 Å². The summed E-state index contributed by atoms with van der Waals surface area (Å²) in [6, 6.07) is 8.83. The van der Waals surface area contributed by atoms with Crippen molar-refractivity contribution in [2.24, 2.45) is 0 Å². The molecular formula is C22H29N3. The Hall–Kier alpha value is -2.13. The second-order valence-electron chi connectivity index (χ2n) is 6.89. The molecule has 0 unspecified atom stereocenters. The molecule has 1 aliphatic heterocycles. The molecule has 1 saturated heterocycles. The lowest BCUT2D eigenvalue weighted by Crippen LogP contribution is -2.29. The molecule has 2 heterocycles. The van der Waals surface area contributed by atoms with E-state index in [9.17, 15) is 0 Å². The van der Waals surface area contributed by atoms with Crippen molar-refractivity contribution in [2.75, 3.05) is 25.5 Å². The van der Waals surface area contributed by atoms with Crippen LogP contribution in [-0.2, 0) is 6.54 Å². The lowest BCUT2D eigenvalue weighted by Gasteiger charge is -2.26. The van der Waals surface area contributed by atoms with E-state index in [1.54, 1.807) is 0 Å². The first kappa shape index (κ1) is 17.7. The topological polar surface area (TPSA) is 28.2 Å². The molecule has 0 saturated carbocycles. The molecule has 1 aromatic heterocycles. The van der Waals surface area contributed by atoms with Gasteiger partial charge in [0.15, 0.2) is 0 Å². The smallest absolute Gasteiger partial charge is 0.0414 e. The molecule has 1 aliphatic rings. The summed E-state index contributed by atoms with van der Waals surface area (Å²) >= 11 is 0. The zero-order valence-electron chi connectivity index (χ0n) is 15.5. The van der Waals surface area contributed by atoms with Crippen molar-refractivity contribution in [1.29, 1.82) is 0 Å². The number of nitrogens with one attached hydrogen (secondary N) is 1. The van der Waals surface area contributed by atoms with Gasteiger partial charge >= 0.3 is 0 Å². The predicted octanol–water partition coefficient (Wildman–Crippen LogP) is 5.20. The molecule has 0 spiro atoms. The number of anilines is 1. The summed E-state index contributed by atoms with van der Waals surface area (Å²) in [7, 11) is 1.96. The van der Waals surface area contributed by atoms with E-state index in [0.29, 0.717) is 0 Å². The van der Waals surface area contributed by atoms with Crippen molar-refractivity contribution in [3.8, 4) is 11.1 Å². The van der Waals surface area contributed by atoms with Crippen LogP contribution in [-0.4, -0.2) is 30.0 Å². The Labute approximate surface area is 151 Å². The molecule has 132 valence electrons. The molecule has 0 atom stereocenters. The number of likely N-dealkylation sites (tertiary alicyclic amines) is 1. The van der Waals surface area contributed by atoms with E-state index in [4.69, 9.17) is 0 Å². The highest BCUT2D eigenvalue weighted by atomic mass is 15.1. The largest absolute Gasteiger partial charge is 0.388 e. The molecular weight excluding hydrogens is 306 g/mol. The average Bonchev–Trinajstić information content (AvgIpc) is 2.68. The standard InChI is InChI=1S/C22H29N3/c1-4-17(2)21-13-19(8-9-22(21)23-3)20-12-18(14-24-15-20)16-25-10-6-5-7-11-25/h8-9,12-15,23H,2,4-7,10-11,16H2,1,3H3. The van der Waals surface area contributed by atoms with Gasteiger partial charge in [-0.3, -0.25) is 9.88 Å². The number of allylic oxidation sites excluding steroid dienone is 1. The molecule has 25 heavy (non-hydrogen) atoms. The minimum atomic E-state index is 0.950. The summed E-state index contributed by atoms with van der Waals surface area (Å²) in [4.78, 5) is 7.04. The Morgan fingerprint density at radius 1 is 1.12 bits per heavy atom. The van der Waals surface area contributed by atoms with E-state index in [1.165, 1.54) is 54.6 Å². The molecule has 3 heteroatoms. The van der Waals surface area contributed by atoms with E-state index >= 15 is 0 Å². The fourth-order valence-electron chi connectivity index (χ4n) is 3.53. The minimum absolute atomic E-state index is 0.950. The third kappa shape index (κ3) is 4.29. The average molecular weight is 335 g/mol. The third-order valence-corrected chi connectivity index (χ3v) is 5.08. The highest BCUT2D eigenvalue weighted by molar-refractivity contribution is 5.80. The van der Waals surface area contributed by atoms with Gasteiger partial charge in [0.1, 0.15) is 0 Å². The Kier molecular flexibility index (Phi) is 5.87. The Balaban J connectivity index is 1.86. The van der Waals surface area contributed by atoms with Gasteiger partial charge in [-0.1, -0.05) is 26.0 Å². The number of hydrogen-bond donors (Lipinski definition) is 1. The number of rotatable bonds is 6. The van der Waals surface area contributed by atoms with Gasteiger partial charge in [0.05, 0.1) is 0 Å². The molecule has 0 aliphatic carbocycles. The number of benzene rings is 1. The molecule has 3 rings (SSSR count). The predicted molar refractivity (Wildman–Crippen MR) is 108 cm³/mol. The maximum absolute atomic E-state index is 4.50. The fourth-order valence-corrected chi connectivity index (χ4v) is 3.53. The summed E-state index contributed by atoms with van der Waals surface area (Å²) in [5.41, 5.74) is 7.17. The van der Waals surface area contributed by atoms with Crippen LogP contribution in [0.25, 0.3) is 16.7 Å². The van der Waals surface area contributed by atoms with Gasteiger partial charge in [-0.15, -0.1) is 0 Å². The molecule has 2 aromatic rings. The van der Waals surface area contributed by atoms with E-state index in [-0.39, 0.29) is 0 Å². The van der Waals surface area contributed by atoms with Gasteiger partial charge in [-0.25, -0.2) is 0 Å². The van der Waals surface area contributed by atoms with E-state index < -0.39 is 0 Å². The van der Waals surface area contributed by atoms with Crippen molar-refractivity contribution in [1.82, 2.24) is 9.88 Å². The van der Waals surface area contributed by atoms with Crippen molar-refractivity contribution in [3.63, 3.8) is 0 Å². The number of aromatic nitrogens is 1. The second-order valence-corrected chi connectivity index (χ2v) is 6.89. The first-order valence-corrected chi connectivity index (χ1v) is 9.38. The SMILES string of the molecule is C=C(CC)c1cc(-c2cncc(CN3CCCCC3)c2)ccc1NC. The van der Waals surface area contributed by atoms with Gasteiger partial charge in [0.25, 0.3) is 0 Å². The van der Waals surface area contributed by atoms with Crippen LogP contribution in [0, 0.1) is 0 Å². The van der Waals surface area contributed by atoms with Gasteiger partial charge in [0.2, 0.25) is 0 Å². The molecule has 1 N–H and O–H groups in total. The molecule has 0 radical (unpaired) electrons. The zero-order valence-corrected chi connectivity index (χ0v) is 15.5. The molecule has 3 nitrogen and oxygen atoms in total. The normalized spacial score (nSPS) is 15.1. The summed E-state index contributed by atoms with van der Waals surface area (Å²) < 4.78 is 0. The van der Waals surface area contributed by atoms with Crippen LogP contribution in [0.3, 0.4) is 0 Å². The van der Waals surface area contributed by atoms with Crippen LogP contribution in [0.5, 0.6) is 0 Å². The van der Waals surface area contributed by atoms with Crippen molar-refractivity contribution in [3.05, 3.63) is 54.4 Å². The maximum atomic E-state index is 4.50. The summed E-state index contributed by atoms with van der Waals surface area (Å²) in [5, 5.41) is 3.27. The van der Waals surface area contributed by atoms with E-state index in [0.717, 1.165) is 24.2 Å². The van der Waals surface area contributed by atoms with Gasteiger partial charge in [-0.2, -0.15) is 0 Å². The fraction of sp³-hybridized carbons (Fsp3) is 0.409. The van der Waals surface area contributed by atoms with Crippen molar-refractivity contribution >= 4 is 11.3 Å². The summed E-state index contributed by atoms with van der Waals surface area (Å²) in [6.07, 6.45) is 8.93.